The first-order valence-electron chi connectivity index (χ1n) is 9.97. The molecular formula is C22H24N2O5S. The van der Waals surface area contributed by atoms with Crippen LogP contribution in [0, 0.1) is 5.92 Å². The molecule has 1 N–H and O–H groups in total. The van der Waals surface area contributed by atoms with E-state index >= 15 is 0 Å². The van der Waals surface area contributed by atoms with E-state index in [1.165, 1.54) is 11.3 Å². The molecule has 2 heterocycles. The van der Waals surface area contributed by atoms with Gasteiger partial charge in [0.05, 0.1) is 29.8 Å². The molecule has 0 bridgehead atoms. The highest BCUT2D eigenvalue weighted by Crippen LogP contribution is 2.33. The van der Waals surface area contributed by atoms with Crippen LogP contribution < -0.4 is 5.32 Å². The van der Waals surface area contributed by atoms with Crippen LogP contribution in [0.3, 0.4) is 0 Å². The number of hydrogen-bond donors (Lipinski definition) is 1. The molecular weight excluding hydrogens is 404 g/mol. The molecule has 0 atom stereocenters. The number of nitrogens with one attached hydrogen (secondary N) is 1. The predicted octanol–water partition coefficient (Wildman–Crippen LogP) is 4.10. The molecule has 8 heteroatoms. The monoisotopic (exact) mass is 428 g/mol. The van der Waals surface area contributed by atoms with E-state index < -0.39 is 5.97 Å². The topological polar surface area (TPSA) is 92.8 Å². The maximum Gasteiger partial charge on any atom is 0.341 e. The molecule has 1 aliphatic rings. The Morgan fingerprint density at radius 3 is 2.20 bits per heavy atom. The second kappa shape index (κ2) is 9.21. The van der Waals surface area contributed by atoms with E-state index in [2.05, 4.69) is 5.32 Å². The number of carbonyl (C=O) groups excluding carboxylic acids is 4. The maximum atomic E-state index is 12.6. The Labute approximate surface area is 179 Å². The summed E-state index contributed by atoms with van der Waals surface area (Å²) in [7, 11) is 0. The van der Waals surface area contributed by atoms with Gasteiger partial charge in [-0.05, 0) is 38.0 Å². The Balaban J connectivity index is 1.87. The van der Waals surface area contributed by atoms with Gasteiger partial charge in [0, 0.05) is 10.8 Å². The molecule has 1 aromatic carbocycles. The van der Waals surface area contributed by atoms with Gasteiger partial charge in [-0.3, -0.25) is 19.3 Å². The minimum absolute atomic E-state index is 0.0181. The fourth-order valence-corrected chi connectivity index (χ4v) is 4.42. The van der Waals surface area contributed by atoms with Crippen LogP contribution in [0.4, 0.5) is 5.00 Å². The molecule has 7 nitrogen and oxygen atoms in total. The van der Waals surface area contributed by atoms with Crippen molar-refractivity contribution < 1.29 is 23.9 Å². The molecule has 3 rings (SSSR count). The molecule has 0 radical (unpaired) electrons. The van der Waals surface area contributed by atoms with Gasteiger partial charge < -0.3 is 10.1 Å². The van der Waals surface area contributed by atoms with Crippen molar-refractivity contribution >= 4 is 40.0 Å². The van der Waals surface area contributed by atoms with Gasteiger partial charge in [0.2, 0.25) is 5.91 Å². The number of anilines is 1. The number of carbonyl (C=O) groups is 4. The second-order valence-electron chi connectivity index (χ2n) is 6.92. The van der Waals surface area contributed by atoms with Crippen LogP contribution >= 0.6 is 11.3 Å². The van der Waals surface area contributed by atoms with E-state index in [4.69, 9.17) is 4.74 Å². The van der Waals surface area contributed by atoms with Gasteiger partial charge in [0.1, 0.15) is 5.00 Å². The smallest absolute Gasteiger partial charge is 0.341 e. The molecule has 3 amide bonds. The molecule has 30 heavy (non-hydrogen) atoms. The molecule has 0 saturated heterocycles. The van der Waals surface area contributed by atoms with Crippen molar-refractivity contribution in [2.24, 2.45) is 5.92 Å². The summed E-state index contributed by atoms with van der Waals surface area (Å²) in [4.78, 5) is 52.0. The SMILES string of the molecule is CCOC(=O)c1cc(CN2C(=O)c3ccccc3C2=O)sc1NC(=O)C(CC)CC. The average Bonchev–Trinajstić information content (AvgIpc) is 3.24. The number of thiophene rings is 1. The molecule has 0 saturated carbocycles. The molecule has 1 aromatic heterocycles. The third-order valence-corrected chi connectivity index (χ3v) is 6.10. The van der Waals surface area contributed by atoms with E-state index in [0.29, 0.717) is 33.8 Å². The fraction of sp³-hybridized carbons (Fsp3) is 0.364. The van der Waals surface area contributed by atoms with Gasteiger partial charge in [0.25, 0.3) is 11.8 Å². The van der Waals surface area contributed by atoms with Gasteiger partial charge in [-0.15, -0.1) is 11.3 Å². The fourth-order valence-electron chi connectivity index (χ4n) is 3.39. The highest BCUT2D eigenvalue weighted by Gasteiger charge is 2.35. The third kappa shape index (κ3) is 4.14. The predicted molar refractivity (Wildman–Crippen MR) is 114 cm³/mol. The standard InChI is InChI=1S/C22H24N2O5S/c1-4-13(5-2)18(25)23-19-17(22(28)29-6-3)11-14(30-19)12-24-20(26)15-9-7-8-10-16(15)21(24)27/h7-11,13H,4-6,12H2,1-3H3,(H,23,25). The Bertz CT molecular complexity index is 958. The Hall–Kier alpha value is -3.00. The molecule has 0 aliphatic carbocycles. The zero-order valence-electron chi connectivity index (χ0n) is 17.2. The number of ether oxygens (including phenoxy) is 1. The first-order valence-corrected chi connectivity index (χ1v) is 10.8. The number of esters is 1. The van der Waals surface area contributed by atoms with Crippen molar-refractivity contribution in [2.75, 3.05) is 11.9 Å². The zero-order chi connectivity index (χ0) is 21.8. The molecule has 0 fully saturated rings. The first kappa shape index (κ1) is 21.7. The van der Waals surface area contributed by atoms with Gasteiger partial charge in [0.15, 0.2) is 0 Å². The normalized spacial score (nSPS) is 13.0. The second-order valence-corrected chi connectivity index (χ2v) is 8.06. The number of nitrogens with zero attached hydrogens (tertiary/aromatic N) is 1. The summed E-state index contributed by atoms with van der Waals surface area (Å²) >= 11 is 1.17. The summed E-state index contributed by atoms with van der Waals surface area (Å²) in [6.07, 6.45) is 1.37. The summed E-state index contributed by atoms with van der Waals surface area (Å²) in [5.41, 5.74) is 0.964. The number of hydrogen-bond acceptors (Lipinski definition) is 6. The lowest BCUT2D eigenvalue weighted by Crippen LogP contribution is -2.28. The zero-order valence-corrected chi connectivity index (χ0v) is 18.0. The molecule has 2 aromatic rings. The summed E-state index contributed by atoms with van der Waals surface area (Å²) < 4.78 is 5.11. The van der Waals surface area contributed by atoms with Crippen molar-refractivity contribution in [3.63, 3.8) is 0 Å². The van der Waals surface area contributed by atoms with Crippen molar-refractivity contribution in [2.45, 2.75) is 40.2 Å². The summed E-state index contributed by atoms with van der Waals surface area (Å²) in [5.74, 6) is -1.63. The summed E-state index contributed by atoms with van der Waals surface area (Å²) in [6, 6.07) is 8.24. The highest BCUT2D eigenvalue weighted by molar-refractivity contribution is 7.16. The lowest BCUT2D eigenvalue weighted by molar-refractivity contribution is -0.120. The van der Waals surface area contributed by atoms with Crippen molar-refractivity contribution in [1.29, 1.82) is 0 Å². The van der Waals surface area contributed by atoms with Gasteiger partial charge in [-0.25, -0.2) is 4.79 Å². The highest BCUT2D eigenvalue weighted by atomic mass is 32.1. The van der Waals surface area contributed by atoms with Crippen LogP contribution in [0.15, 0.2) is 30.3 Å². The van der Waals surface area contributed by atoms with Gasteiger partial charge in [-0.2, -0.15) is 0 Å². The van der Waals surface area contributed by atoms with Crippen LogP contribution in [0.5, 0.6) is 0 Å². The van der Waals surface area contributed by atoms with Crippen molar-refractivity contribution in [1.82, 2.24) is 4.90 Å². The van der Waals surface area contributed by atoms with E-state index in [1.54, 1.807) is 37.3 Å². The van der Waals surface area contributed by atoms with Crippen molar-refractivity contribution in [3.05, 3.63) is 51.9 Å². The number of rotatable bonds is 8. The summed E-state index contributed by atoms with van der Waals surface area (Å²) in [5, 5.41) is 3.20. The van der Waals surface area contributed by atoms with Gasteiger partial charge >= 0.3 is 5.97 Å². The molecule has 158 valence electrons. The molecule has 0 unspecified atom stereocenters. The van der Waals surface area contributed by atoms with E-state index in [-0.39, 0.29) is 42.4 Å². The summed E-state index contributed by atoms with van der Waals surface area (Å²) in [6.45, 7) is 5.78. The van der Waals surface area contributed by atoms with E-state index in [1.807, 2.05) is 13.8 Å². The lowest BCUT2D eigenvalue weighted by Gasteiger charge is -2.13. The number of amides is 3. The van der Waals surface area contributed by atoms with Crippen LogP contribution in [0.25, 0.3) is 0 Å². The lowest BCUT2D eigenvalue weighted by atomic mass is 10.0. The van der Waals surface area contributed by atoms with E-state index in [9.17, 15) is 19.2 Å². The van der Waals surface area contributed by atoms with Gasteiger partial charge in [-0.1, -0.05) is 26.0 Å². The third-order valence-electron chi connectivity index (χ3n) is 5.06. The first-order chi connectivity index (χ1) is 14.4. The molecule has 0 spiro atoms. The van der Waals surface area contributed by atoms with Crippen LogP contribution in [0.1, 0.15) is 69.6 Å². The molecule has 1 aliphatic heterocycles. The Kier molecular flexibility index (Phi) is 6.66. The Morgan fingerprint density at radius 1 is 1.07 bits per heavy atom. The number of imide groups is 1. The van der Waals surface area contributed by atoms with E-state index in [0.717, 1.165) is 4.90 Å². The van der Waals surface area contributed by atoms with Crippen LogP contribution in [-0.4, -0.2) is 35.2 Å². The Morgan fingerprint density at radius 2 is 1.67 bits per heavy atom. The number of benzene rings is 1. The van der Waals surface area contributed by atoms with Crippen LogP contribution in [-0.2, 0) is 16.1 Å². The quantitative estimate of drug-likeness (QED) is 0.505. The minimum Gasteiger partial charge on any atom is -0.462 e. The van der Waals surface area contributed by atoms with Crippen LogP contribution in [0.2, 0.25) is 0 Å². The minimum atomic E-state index is -0.554. The van der Waals surface area contributed by atoms with Crippen molar-refractivity contribution in [3.8, 4) is 0 Å². The maximum absolute atomic E-state index is 12.6. The average molecular weight is 429 g/mol. The number of fused-ring (bicyclic) bond motifs is 1. The largest absolute Gasteiger partial charge is 0.462 e.